The first-order valence-electron chi connectivity index (χ1n) is 4.79. The summed E-state index contributed by atoms with van der Waals surface area (Å²) in [4.78, 5) is 11.8. The zero-order chi connectivity index (χ0) is 11.0. The molecule has 1 aromatic carbocycles. The summed E-state index contributed by atoms with van der Waals surface area (Å²) in [5.41, 5.74) is 1.80. The Balaban J connectivity index is 2.80. The van der Waals surface area contributed by atoms with Crippen molar-refractivity contribution < 1.29 is 9.52 Å². The van der Waals surface area contributed by atoms with Crippen molar-refractivity contribution in [2.75, 3.05) is 0 Å². The molecule has 1 atom stereocenters. The third-order valence-corrected chi connectivity index (χ3v) is 2.45. The molecular formula is C12H12O3. The Morgan fingerprint density at radius 2 is 2.13 bits per heavy atom. The topological polar surface area (TPSA) is 50.4 Å². The van der Waals surface area contributed by atoms with E-state index in [1.54, 1.807) is 32.0 Å². The third kappa shape index (κ3) is 1.66. The van der Waals surface area contributed by atoms with Crippen molar-refractivity contribution in [3.8, 4) is 0 Å². The molecule has 3 nitrogen and oxygen atoms in total. The number of aliphatic hydroxyl groups excluding tert-OH is 1. The second kappa shape index (κ2) is 3.51. The van der Waals surface area contributed by atoms with Crippen molar-refractivity contribution in [2.24, 2.45) is 0 Å². The average Bonchev–Trinajstić information content (AvgIpc) is 2.23. The molecule has 0 radical (unpaired) electrons. The first-order chi connectivity index (χ1) is 7.09. The Bertz CT molecular complexity index is 552. The highest BCUT2D eigenvalue weighted by Gasteiger charge is 2.07. The maximum Gasteiger partial charge on any atom is 0.195 e. The van der Waals surface area contributed by atoms with E-state index in [0.29, 0.717) is 16.5 Å². The minimum absolute atomic E-state index is 0.0428. The van der Waals surface area contributed by atoms with Crippen LogP contribution in [0.25, 0.3) is 11.0 Å². The summed E-state index contributed by atoms with van der Waals surface area (Å²) in [5.74, 6) is 0. The number of rotatable bonds is 1. The minimum atomic E-state index is -0.575. The highest BCUT2D eigenvalue weighted by molar-refractivity contribution is 5.77. The molecule has 0 amide bonds. The van der Waals surface area contributed by atoms with Crippen LogP contribution in [0, 0.1) is 6.92 Å². The monoisotopic (exact) mass is 204 g/mol. The molecule has 2 aromatic rings. The lowest BCUT2D eigenvalue weighted by atomic mass is 10.1. The fourth-order valence-electron chi connectivity index (χ4n) is 1.51. The lowest BCUT2D eigenvalue weighted by Gasteiger charge is -2.05. The first-order valence-corrected chi connectivity index (χ1v) is 4.79. The third-order valence-electron chi connectivity index (χ3n) is 2.45. The lowest BCUT2D eigenvalue weighted by molar-refractivity contribution is 0.199. The van der Waals surface area contributed by atoms with Gasteiger partial charge in [-0.15, -0.1) is 0 Å². The minimum Gasteiger partial charge on any atom is -0.464 e. The van der Waals surface area contributed by atoms with Crippen LogP contribution in [0.5, 0.6) is 0 Å². The molecule has 0 aliphatic rings. The SMILES string of the molecule is Cc1coc2ccc(C(C)O)cc2c1=O. The normalized spacial score (nSPS) is 13.0. The zero-order valence-electron chi connectivity index (χ0n) is 8.65. The van der Waals surface area contributed by atoms with Crippen LogP contribution in [0.4, 0.5) is 0 Å². The number of aliphatic hydroxyl groups is 1. The number of aryl methyl sites for hydroxylation is 1. The first kappa shape index (κ1) is 9.93. The van der Waals surface area contributed by atoms with Crippen molar-refractivity contribution in [2.45, 2.75) is 20.0 Å². The standard InChI is InChI=1S/C12H12O3/c1-7-6-15-11-4-3-9(8(2)13)5-10(11)12(7)14/h3-6,8,13H,1-2H3. The van der Waals surface area contributed by atoms with E-state index in [4.69, 9.17) is 4.42 Å². The molecule has 1 heterocycles. The highest BCUT2D eigenvalue weighted by atomic mass is 16.3. The molecule has 78 valence electrons. The summed E-state index contributed by atoms with van der Waals surface area (Å²) in [6, 6.07) is 5.14. The zero-order valence-corrected chi connectivity index (χ0v) is 8.65. The van der Waals surface area contributed by atoms with Crippen molar-refractivity contribution in [1.82, 2.24) is 0 Å². The van der Waals surface area contributed by atoms with Gasteiger partial charge in [0.2, 0.25) is 0 Å². The van der Waals surface area contributed by atoms with E-state index >= 15 is 0 Å². The van der Waals surface area contributed by atoms with Gasteiger partial charge < -0.3 is 9.52 Å². The van der Waals surface area contributed by atoms with E-state index in [1.165, 1.54) is 6.26 Å². The molecule has 0 bridgehead atoms. The second-order valence-corrected chi connectivity index (χ2v) is 3.68. The van der Waals surface area contributed by atoms with Crippen LogP contribution in [-0.2, 0) is 0 Å². The summed E-state index contributed by atoms with van der Waals surface area (Å²) >= 11 is 0. The summed E-state index contributed by atoms with van der Waals surface area (Å²) < 4.78 is 5.28. The molecule has 0 saturated carbocycles. The van der Waals surface area contributed by atoms with Crippen LogP contribution >= 0.6 is 0 Å². The molecule has 0 spiro atoms. The molecule has 0 aliphatic heterocycles. The van der Waals surface area contributed by atoms with Gasteiger partial charge in [-0.05, 0) is 31.5 Å². The maximum absolute atomic E-state index is 11.8. The summed E-state index contributed by atoms with van der Waals surface area (Å²) in [5, 5.41) is 9.93. The molecule has 1 N–H and O–H groups in total. The van der Waals surface area contributed by atoms with Crippen molar-refractivity contribution in [3.05, 3.63) is 45.8 Å². The Morgan fingerprint density at radius 3 is 2.80 bits per heavy atom. The Labute approximate surface area is 87.0 Å². The van der Waals surface area contributed by atoms with Crippen LogP contribution in [0.2, 0.25) is 0 Å². The molecule has 0 saturated heterocycles. The second-order valence-electron chi connectivity index (χ2n) is 3.68. The van der Waals surface area contributed by atoms with E-state index in [0.717, 1.165) is 5.56 Å². The summed E-state index contributed by atoms with van der Waals surface area (Å²) in [6.07, 6.45) is 0.876. The smallest absolute Gasteiger partial charge is 0.195 e. The molecule has 3 heteroatoms. The van der Waals surface area contributed by atoms with E-state index in [9.17, 15) is 9.90 Å². The molecule has 15 heavy (non-hydrogen) atoms. The van der Waals surface area contributed by atoms with Gasteiger partial charge in [-0.1, -0.05) is 6.07 Å². The number of hydrogen-bond acceptors (Lipinski definition) is 3. The van der Waals surface area contributed by atoms with Gasteiger partial charge in [-0.2, -0.15) is 0 Å². The molecule has 2 rings (SSSR count). The van der Waals surface area contributed by atoms with Gasteiger partial charge in [0, 0.05) is 5.56 Å². The average molecular weight is 204 g/mol. The summed E-state index contributed by atoms with van der Waals surface area (Å²) in [6.45, 7) is 3.37. The number of fused-ring (bicyclic) bond motifs is 1. The van der Waals surface area contributed by atoms with Crippen LogP contribution in [0.1, 0.15) is 24.2 Å². The number of hydrogen-bond donors (Lipinski definition) is 1. The van der Waals surface area contributed by atoms with Crippen molar-refractivity contribution >= 4 is 11.0 Å². The van der Waals surface area contributed by atoms with Gasteiger partial charge in [-0.3, -0.25) is 4.79 Å². The Kier molecular flexibility index (Phi) is 2.32. The van der Waals surface area contributed by atoms with Crippen LogP contribution in [-0.4, -0.2) is 5.11 Å². The van der Waals surface area contributed by atoms with Crippen molar-refractivity contribution in [1.29, 1.82) is 0 Å². The van der Waals surface area contributed by atoms with E-state index in [2.05, 4.69) is 0 Å². The molecule has 0 fully saturated rings. The van der Waals surface area contributed by atoms with Crippen molar-refractivity contribution in [3.63, 3.8) is 0 Å². The van der Waals surface area contributed by atoms with E-state index in [-0.39, 0.29) is 5.43 Å². The van der Waals surface area contributed by atoms with E-state index < -0.39 is 6.10 Å². The van der Waals surface area contributed by atoms with Gasteiger partial charge in [-0.25, -0.2) is 0 Å². The Morgan fingerprint density at radius 1 is 1.40 bits per heavy atom. The predicted molar refractivity (Wildman–Crippen MR) is 57.9 cm³/mol. The fourth-order valence-corrected chi connectivity index (χ4v) is 1.51. The van der Waals surface area contributed by atoms with Crippen LogP contribution < -0.4 is 5.43 Å². The summed E-state index contributed by atoms with van der Waals surface area (Å²) in [7, 11) is 0. The molecule has 1 unspecified atom stereocenters. The Hall–Kier alpha value is -1.61. The van der Waals surface area contributed by atoms with Gasteiger partial charge in [0.1, 0.15) is 5.58 Å². The van der Waals surface area contributed by atoms with Gasteiger partial charge in [0.25, 0.3) is 0 Å². The van der Waals surface area contributed by atoms with Crippen LogP contribution in [0.3, 0.4) is 0 Å². The maximum atomic E-state index is 11.8. The number of benzene rings is 1. The van der Waals surface area contributed by atoms with Gasteiger partial charge in [0.05, 0.1) is 17.8 Å². The van der Waals surface area contributed by atoms with Crippen LogP contribution in [0.15, 0.2) is 33.7 Å². The van der Waals surface area contributed by atoms with Gasteiger partial charge in [0.15, 0.2) is 5.43 Å². The fraction of sp³-hybridized carbons (Fsp3) is 0.250. The quantitative estimate of drug-likeness (QED) is 0.774. The van der Waals surface area contributed by atoms with Gasteiger partial charge >= 0.3 is 0 Å². The molecular weight excluding hydrogens is 192 g/mol. The van der Waals surface area contributed by atoms with E-state index in [1.807, 2.05) is 0 Å². The lowest BCUT2D eigenvalue weighted by Crippen LogP contribution is -2.05. The molecule has 0 aliphatic carbocycles. The largest absolute Gasteiger partial charge is 0.464 e. The molecule has 1 aromatic heterocycles. The predicted octanol–water partition coefficient (Wildman–Crippen LogP) is 2.15. The highest BCUT2D eigenvalue weighted by Crippen LogP contribution is 2.18.